The molecule has 1 unspecified atom stereocenters. The lowest BCUT2D eigenvalue weighted by molar-refractivity contribution is -0.156. The topological polar surface area (TPSA) is 30.8 Å². The zero-order valence-corrected chi connectivity index (χ0v) is 9.38. The number of aliphatic imine (C=N–C) groups is 1. The quantitative estimate of drug-likeness (QED) is 0.527. The van der Waals surface area contributed by atoms with Crippen molar-refractivity contribution >= 4 is 5.90 Å². The predicted molar refractivity (Wildman–Crippen MR) is 55.3 cm³/mol. The Kier molecular flexibility index (Phi) is 6.80. The molecule has 3 nitrogen and oxygen atoms in total. The number of ether oxygens (including phenoxy) is 2. The van der Waals surface area contributed by atoms with Crippen LogP contribution in [0.2, 0.25) is 0 Å². The van der Waals surface area contributed by atoms with Crippen LogP contribution in [0.1, 0.15) is 13.3 Å². The van der Waals surface area contributed by atoms with Crippen molar-refractivity contribution < 1.29 is 22.6 Å². The number of halogens is 3. The summed E-state index contributed by atoms with van der Waals surface area (Å²) in [6.07, 6.45) is -2.91. The third-order valence-electron chi connectivity index (χ3n) is 1.61. The molecule has 0 aliphatic carbocycles. The van der Waals surface area contributed by atoms with Gasteiger partial charge in [-0.25, -0.2) is 4.99 Å². The number of rotatable bonds is 6. The van der Waals surface area contributed by atoms with Crippen LogP contribution < -0.4 is 0 Å². The lowest BCUT2D eigenvalue weighted by Crippen LogP contribution is -2.22. The van der Waals surface area contributed by atoms with Crippen molar-refractivity contribution in [1.82, 2.24) is 0 Å². The van der Waals surface area contributed by atoms with Crippen molar-refractivity contribution in [1.29, 1.82) is 0 Å². The first kappa shape index (κ1) is 15.0. The Labute approximate surface area is 93.0 Å². The Morgan fingerprint density at radius 2 is 2.12 bits per heavy atom. The van der Waals surface area contributed by atoms with E-state index in [0.717, 1.165) is 6.20 Å². The Hall–Kier alpha value is -1.04. The first-order valence-corrected chi connectivity index (χ1v) is 4.75. The molecule has 0 radical (unpaired) electrons. The zero-order valence-electron chi connectivity index (χ0n) is 9.38. The fraction of sp³-hybridized carbons (Fsp3) is 0.700. The molecule has 0 rings (SSSR count). The molecule has 0 aliphatic rings. The minimum atomic E-state index is -4.35. The maximum Gasteiger partial charge on any atom is 0.422 e. The summed E-state index contributed by atoms with van der Waals surface area (Å²) in [5.41, 5.74) is 0. The van der Waals surface area contributed by atoms with Crippen LogP contribution in [0.15, 0.2) is 17.8 Å². The summed E-state index contributed by atoms with van der Waals surface area (Å²) in [6, 6.07) is 0. The minimum absolute atomic E-state index is 0.0249. The van der Waals surface area contributed by atoms with E-state index < -0.39 is 12.8 Å². The van der Waals surface area contributed by atoms with E-state index in [0.29, 0.717) is 6.61 Å². The van der Waals surface area contributed by atoms with Crippen molar-refractivity contribution in [2.24, 2.45) is 10.9 Å². The normalized spacial score (nSPS) is 14.7. The van der Waals surface area contributed by atoms with Gasteiger partial charge in [-0.3, -0.25) is 0 Å². The molecule has 0 saturated heterocycles. The summed E-state index contributed by atoms with van der Waals surface area (Å²) in [4.78, 5) is 3.65. The fourth-order valence-electron chi connectivity index (χ4n) is 1.06. The summed E-state index contributed by atoms with van der Waals surface area (Å²) in [6.45, 7) is 4.25. The van der Waals surface area contributed by atoms with E-state index in [9.17, 15) is 13.2 Å². The van der Waals surface area contributed by atoms with Gasteiger partial charge in [0.15, 0.2) is 12.5 Å². The van der Waals surface area contributed by atoms with Gasteiger partial charge in [0, 0.05) is 26.3 Å². The highest BCUT2D eigenvalue weighted by Crippen LogP contribution is 2.16. The first-order chi connectivity index (χ1) is 7.39. The number of hydrogen-bond acceptors (Lipinski definition) is 3. The van der Waals surface area contributed by atoms with Crippen molar-refractivity contribution in [2.45, 2.75) is 19.5 Å². The lowest BCUT2D eigenvalue weighted by Gasteiger charge is -2.14. The maximum absolute atomic E-state index is 11.9. The summed E-state index contributed by atoms with van der Waals surface area (Å²) >= 11 is 0. The standard InChI is InChI=1S/C10H16F3NO2/c1-4-14-9(5-8(2)6-15-3)16-7-10(11,12)13/h4,8H,1,5-7H2,2-3H3/b14-9+. The summed E-state index contributed by atoms with van der Waals surface area (Å²) < 4.78 is 45.2. The van der Waals surface area contributed by atoms with Gasteiger partial charge in [0.05, 0.1) is 0 Å². The van der Waals surface area contributed by atoms with Crippen LogP contribution in [-0.4, -0.2) is 32.4 Å². The Bertz CT molecular complexity index is 239. The van der Waals surface area contributed by atoms with Gasteiger partial charge in [-0.15, -0.1) is 0 Å². The third kappa shape index (κ3) is 8.28. The highest BCUT2D eigenvalue weighted by molar-refractivity contribution is 5.76. The molecular formula is C10H16F3NO2. The molecule has 0 heterocycles. The van der Waals surface area contributed by atoms with Crippen LogP contribution in [0.5, 0.6) is 0 Å². The van der Waals surface area contributed by atoms with Gasteiger partial charge < -0.3 is 9.47 Å². The smallest absolute Gasteiger partial charge is 0.422 e. The SMILES string of the molecule is C=C/N=C(\CC(C)COC)OCC(F)(F)F. The molecule has 16 heavy (non-hydrogen) atoms. The van der Waals surface area contributed by atoms with E-state index in [1.807, 2.05) is 6.92 Å². The van der Waals surface area contributed by atoms with Gasteiger partial charge in [-0.05, 0) is 5.92 Å². The molecular weight excluding hydrogens is 223 g/mol. The molecule has 0 aromatic heterocycles. The van der Waals surface area contributed by atoms with E-state index in [1.54, 1.807) is 0 Å². The lowest BCUT2D eigenvalue weighted by atomic mass is 10.1. The molecule has 0 spiro atoms. The second kappa shape index (κ2) is 7.27. The van der Waals surface area contributed by atoms with Gasteiger partial charge in [0.25, 0.3) is 0 Å². The molecule has 1 atom stereocenters. The van der Waals surface area contributed by atoms with Crippen LogP contribution in [0, 0.1) is 5.92 Å². The third-order valence-corrected chi connectivity index (χ3v) is 1.61. The second-order valence-corrected chi connectivity index (χ2v) is 3.37. The van der Waals surface area contributed by atoms with Gasteiger partial charge in [0.2, 0.25) is 0 Å². The fourth-order valence-corrected chi connectivity index (χ4v) is 1.06. The van der Waals surface area contributed by atoms with Gasteiger partial charge in [0.1, 0.15) is 0 Å². The molecule has 0 aromatic carbocycles. The number of methoxy groups -OCH3 is 1. The van der Waals surface area contributed by atoms with Crippen LogP contribution in [0.3, 0.4) is 0 Å². The average molecular weight is 239 g/mol. The molecule has 0 aromatic rings. The highest BCUT2D eigenvalue weighted by Gasteiger charge is 2.29. The molecule has 0 bridgehead atoms. The molecule has 0 fully saturated rings. The monoisotopic (exact) mass is 239 g/mol. The van der Waals surface area contributed by atoms with Crippen molar-refractivity contribution in [3.63, 3.8) is 0 Å². The van der Waals surface area contributed by atoms with Gasteiger partial charge >= 0.3 is 6.18 Å². The van der Waals surface area contributed by atoms with E-state index >= 15 is 0 Å². The predicted octanol–water partition coefficient (Wildman–Crippen LogP) is 2.78. The van der Waals surface area contributed by atoms with E-state index in [1.165, 1.54) is 7.11 Å². The largest absolute Gasteiger partial charge is 0.471 e. The Morgan fingerprint density at radius 1 is 1.50 bits per heavy atom. The van der Waals surface area contributed by atoms with Crippen LogP contribution in [-0.2, 0) is 9.47 Å². The van der Waals surface area contributed by atoms with Gasteiger partial charge in [-0.1, -0.05) is 13.5 Å². The number of hydrogen-bond donors (Lipinski definition) is 0. The number of nitrogens with zero attached hydrogens (tertiary/aromatic N) is 1. The first-order valence-electron chi connectivity index (χ1n) is 4.75. The van der Waals surface area contributed by atoms with Gasteiger partial charge in [-0.2, -0.15) is 13.2 Å². The van der Waals surface area contributed by atoms with Crippen LogP contribution in [0.4, 0.5) is 13.2 Å². The summed E-state index contributed by atoms with van der Waals surface area (Å²) in [5, 5.41) is 0. The number of alkyl halides is 3. The molecule has 0 amide bonds. The Balaban J connectivity index is 4.19. The Morgan fingerprint density at radius 3 is 2.56 bits per heavy atom. The molecule has 0 N–H and O–H groups in total. The van der Waals surface area contributed by atoms with E-state index in [-0.39, 0.29) is 18.2 Å². The molecule has 0 saturated carbocycles. The summed E-state index contributed by atoms with van der Waals surface area (Å²) in [5.74, 6) is 0.0637. The van der Waals surface area contributed by atoms with Crippen molar-refractivity contribution in [2.75, 3.05) is 20.3 Å². The van der Waals surface area contributed by atoms with Crippen LogP contribution in [0.25, 0.3) is 0 Å². The zero-order chi connectivity index (χ0) is 12.6. The minimum Gasteiger partial charge on any atom is -0.471 e. The second-order valence-electron chi connectivity index (χ2n) is 3.37. The van der Waals surface area contributed by atoms with Crippen molar-refractivity contribution in [3.05, 3.63) is 12.8 Å². The van der Waals surface area contributed by atoms with E-state index in [4.69, 9.17) is 4.74 Å². The molecule has 0 aliphatic heterocycles. The van der Waals surface area contributed by atoms with Crippen molar-refractivity contribution in [3.8, 4) is 0 Å². The maximum atomic E-state index is 11.9. The summed E-state index contributed by atoms with van der Waals surface area (Å²) in [7, 11) is 1.53. The van der Waals surface area contributed by atoms with Crippen LogP contribution >= 0.6 is 0 Å². The molecule has 94 valence electrons. The highest BCUT2D eigenvalue weighted by atomic mass is 19.4. The average Bonchev–Trinajstić information content (AvgIpc) is 2.14. The van der Waals surface area contributed by atoms with E-state index in [2.05, 4.69) is 16.3 Å². The molecule has 6 heteroatoms.